The Morgan fingerprint density at radius 1 is 0.562 bits per heavy atom. The van der Waals surface area contributed by atoms with Crippen molar-refractivity contribution in [2.45, 2.75) is 0 Å². The molecular weight excluding hydrogens is 204 g/mol. The summed E-state index contributed by atoms with van der Waals surface area (Å²) < 4.78 is 3.50. The molecule has 0 unspecified atom stereocenters. The molecule has 3 heterocycles. The van der Waals surface area contributed by atoms with Gasteiger partial charge in [-0.3, -0.25) is 9.13 Å². The lowest BCUT2D eigenvalue weighted by atomic mass is 10.7. The Bertz CT molecular complexity index is 499. The fraction of sp³-hybridized carbons (Fsp3) is 0. The zero-order chi connectivity index (χ0) is 10.8. The lowest BCUT2D eigenvalue weighted by Gasteiger charge is -2.00. The van der Waals surface area contributed by atoms with Crippen LogP contribution in [-0.2, 0) is 0 Å². The molecule has 0 aliphatic heterocycles. The van der Waals surface area contributed by atoms with Crippen LogP contribution in [0.2, 0.25) is 0 Å². The first-order valence-corrected chi connectivity index (χ1v) is 4.77. The van der Waals surface area contributed by atoms with Gasteiger partial charge < -0.3 is 0 Å². The average molecular weight is 212 g/mol. The van der Waals surface area contributed by atoms with E-state index in [-0.39, 0.29) is 0 Å². The van der Waals surface area contributed by atoms with Gasteiger partial charge in [-0.15, -0.1) is 20.4 Å². The molecule has 3 aromatic heterocycles. The van der Waals surface area contributed by atoms with Crippen LogP contribution in [0.25, 0.3) is 11.9 Å². The molecule has 0 saturated heterocycles. The molecule has 0 N–H and O–H groups in total. The Kier molecular flexibility index (Phi) is 1.96. The van der Waals surface area contributed by atoms with Crippen LogP contribution in [0.4, 0.5) is 0 Å². The maximum Gasteiger partial charge on any atom is 0.272 e. The molecule has 0 spiro atoms. The normalized spacial score (nSPS) is 10.5. The van der Waals surface area contributed by atoms with E-state index in [1.165, 1.54) is 0 Å². The van der Waals surface area contributed by atoms with Crippen molar-refractivity contribution in [2.24, 2.45) is 0 Å². The van der Waals surface area contributed by atoms with E-state index in [4.69, 9.17) is 0 Å². The molecule has 0 saturated carbocycles. The van der Waals surface area contributed by atoms with Crippen LogP contribution in [0.15, 0.2) is 49.1 Å². The molecule has 0 aliphatic rings. The molecule has 16 heavy (non-hydrogen) atoms. The molecule has 0 bridgehead atoms. The van der Waals surface area contributed by atoms with Gasteiger partial charge in [-0.25, -0.2) is 0 Å². The predicted molar refractivity (Wildman–Crippen MR) is 56.3 cm³/mol. The van der Waals surface area contributed by atoms with E-state index in [0.29, 0.717) is 11.9 Å². The molecule has 3 rings (SSSR count). The fourth-order valence-corrected chi connectivity index (χ4v) is 1.36. The molecular formula is C10H8N6. The zero-order valence-corrected chi connectivity index (χ0v) is 8.30. The summed E-state index contributed by atoms with van der Waals surface area (Å²) in [6, 6.07) is 7.57. The van der Waals surface area contributed by atoms with Crippen LogP contribution in [0.1, 0.15) is 0 Å². The maximum absolute atomic E-state index is 4.00. The van der Waals surface area contributed by atoms with Crippen molar-refractivity contribution in [2.75, 3.05) is 0 Å². The second-order valence-corrected chi connectivity index (χ2v) is 3.18. The Labute approximate surface area is 91.2 Å². The molecule has 0 amide bonds. The fourth-order valence-electron chi connectivity index (χ4n) is 1.36. The van der Waals surface area contributed by atoms with E-state index in [1.54, 1.807) is 9.13 Å². The lowest BCUT2D eigenvalue weighted by Crippen LogP contribution is -2.07. The summed E-state index contributed by atoms with van der Waals surface area (Å²) in [4.78, 5) is 0. The van der Waals surface area contributed by atoms with Gasteiger partial charge in [0.2, 0.25) is 0 Å². The van der Waals surface area contributed by atoms with Crippen molar-refractivity contribution in [1.29, 1.82) is 0 Å². The second-order valence-electron chi connectivity index (χ2n) is 3.18. The van der Waals surface area contributed by atoms with E-state index in [2.05, 4.69) is 20.4 Å². The number of aromatic nitrogens is 6. The minimum absolute atomic E-state index is 0.459. The molecule has 6 heteroatoms. The van der Waals surface area contributed by atoms with Gasteiger partial charge in [0.15, 0.2) is 0 Å². The number of hydrogen-bond acceptors (Lipinski definition) is 4. The highest BCUT2D eigenvalue weighted by Crippen LogP contribution is 2.01. The standard InChI is InChI=1S/C10H8N6/c1-2-6-15(5-1)9-11-13-10(14-12-9)16-7-3-4-8-16/h1-8H. The van der Waals surface area contributed by atoms with Crippen LogP contribution in [0.5, 0.6) is 0 Å². The Morgan fingerprint density at radius 3 is 1.19 bits per heavy atom. The first-order valence-electron chi connectivity index (χ1n) is 4.77. The maximum atomic E-state index is 4.00. The summed E-state index contributed by atoms with van der Waals surface area (Å²) in [6.07, 6.45) is 7.37. The summed E-state index contributed by atoms with van der Waals surface area (Å²) in [5.74, 6) is 0.918. The van der Waals surface area contributed by atoms with Crippen LogP contribution >= 0.6 is 0 Å². The first kappa shape index (κ1) is 8.78. The minimum Gasteiger partial charge on any atom is -0.290 e. The number of hydrogen-bond donors (Lipinski definition) is 0. The van der Waals surface area contributed by atoms with Gasteiger partial charge in [-0.2, -0.15) is 0 Å². The number of rotatable bonds is 2. The van der Waals surface area contributed by atoms with E-state index in [1.807, 2.05) is 49.1 Å². The Morgan fingerprint density at radius 2 is 0.875 bits per heavy atom. The van der Waals surface area contributed by atoms with Gasteiger partial charge >= 0.3 is 0 Å². The van der Waals surface area contributed by atoms with Gasteiger partial charge in [0.25, 0.3) is 11.9 Å². The third-order valence-corrected chi connectivity index (χ3v) is 2.13. The van der Waals surface area contributed by atoms with Gasteiger partial charge in [-0.05, 0) is 24.3 Å². The second kappa shape index (κ2) is 3.58. The van der Waals surface area contributed by atoms with Gasteiger partial charge in [-0.1, -0.05) is 0 Å². The summed E-state index contributed by atoms with van der Waals surface area (Å²) in [7, 11) is 0. The molecule has 6 nitrogen and oxygen atoms in total. The number of nitrogens with zero attached hydrogens (tertiary/aromatic N) is 6. The van der Waals surface area contributed by atoms with Crippen LogP contribution in [0, 0.1) is 0 Å². The van der Waals surface area contributed by atoms with Crippen molar-refractivity contribution in [3.8, 4) is 11.9 Å². The monoisotopic (exact) mass is 212 g/mol. The van der Waals surface area contributed by atoms with Crippen molar-refractivity contribution in [1.82, 2.24) is 29.5 Å². The van der Waals surface area contributed by atoms with Crippen LogP contribution < -0.4 is 0 Å². The molecule has 0 atom stereocenters. The predicted octanol–water partition coefficient (Wildman–Crippen LogP) is 0.848. The van der Waals surface area contributed by atoms with Crippen molar-refractivity contribution < 1.29 is 0 Å². The zero-order valence-electron chi connectivity index (χ0n) is 8.30. The average Bonchev–Trinajstić information content (AvgIpc) is 3.03. The highest BCUT2D eigenvalue weighted by molar-refractivity contribution is 5.14. The molecule has 0 fully saturated rings. The van der Waals surface area contributed by atoms with E-state index in [0.717, 1.165) is 0 Å². The lowest BCUT2D eigenvalue weighted by molar-refractivity contribution is 0.741. The summed E-state index contributed by atoms with van der Waals surface area (Å²) in [6.45, 7) is 0. The van der Waals surface area contributed by atoms with Gasteiger partial charge in [0.1, 0.15) is 0 Å². The molecule has 78 valence electrons. The van der Waals surface area contributed by atoms with Gasteiger partial charge in [0.05, 0.1) is 0 Å². The molecule has 0 aromatic carbocycles. The van der Waals surface area contributed by atoms with Crippen molar-refractivity contribution in [3.63, 3.8) is 0 Å². The van der Waals surface area contributed by atoms with E-state index < -0.39 is 0 Å². The first-order chi connectivity index (χ1) is 7.93. The van der Waals surface area contributed by atoms with E-state index >= 15 is 0 Å². The highest BCUT2D eigenvalue weighted by Gasteiger charge is 2.02. The van der Waals surface area contributed by atoms with Crippen molar-refractivity contribution >= 4 is 0 Å². The smallest absolute Gasteiger partial charge is 0.272 e. The summed E-state index contributed by atoms with van der Waals surface area (Å²) in [5.41, 5.74) is 0. The SMILES string of the molecule is c1ccn(-c2nnc(-n3cccc3)nn2)c1. The summed E-state index contributed by atoms with van der Waals surface area (Å²) >= 11 is 0. The molecule has 3 aromatic rings. The third kappa shape index (κ3) is 1.46. The van der Waals surface area contributed by atoms with Crippen molar-refractivity contribution in [3.05, 3.63) is 49.1 Å². The minimum atomic E-state index is 0.459. The Balaban J connectivity index is 1.97. The molecule has 0 radical (unpaired) electrons. The quantitative estimate of drug-likeness (QED) is 0.631. The third-order valence-electron chi connectivity index (χ3n) is 2.13. The molecule has 0 aliphatic carbocycles. The Hall–Kier alpha value is -2.50. The van der Waals surface area contributed by atoms with Crippen LogP contribution in [-0.4, -0.2) is 29.5 Å². The highest BCUT2D eigenvalue weighted by atomic mass is 15.4. The topological polar surface area (TPSA) is 61.4 Å². The summed E-state index contributed by atoms with van der Waals surface area (Å²) in [5, 5.41) is 16.0. The van der Waals surface area contributed by atoms with E-state index in [9.17, 15) is 0 Å². The largest absolute Gasteiger partial charge is 0.290 e. The van der Waals surface area contributed by atoms with Crippen LogP contribution in [0.3, 0.4) is 0 Å². The van der Waals surface area contributed by atoms with Gasteiger partial charge in [0, 0.05) is 24.8 Å².